The second-order valence-corrected chi connectivity index (χ2v) is 6.22. The normalized spacial score (nSPS) is 37.6. The number of hydrogen-bond donors (Lipinski definition) is 2. The Labute approximate surface area is 130 Å². The van der Waals surface area contributed by atoms with Crippen molar-refractivity contribution in [2.45, 2.75) is 43.2 Å². The number of phenolic OH excluding ortho intramolecular Hbond substituents is 1. The van der Waals surface area contributed by atoms with Gasteiger partial charge in [-0.2, -0.15) is 0 Å². The van der Waals surface area contributed by atoms with E-state index >= 15 is 0 Å². The first-order chi connectivity index (χ1) is 10.8. The van der Waals surface area contributed by atoms with E-state index in [2.05, 4.69) is 0 Å². The summed E-state index contributed by atoms with van der Waals surface area (Å²) in [6.07, 6.45) is -1.72. The lowest BCUT2D eigenvalue weighted by molar-refractivity contribution is -0.143. The van der Waals surface area contributed by atoms with Gasteiger partial charge in [0, 0.05) is 12.0 Å². The third-order valence-electron chi connectivity index (χ3n) is 5.00. The average molecular weight is 318 g/mol. The van der Waals surface area contributed by atoms with E-state index in [1.54, 1.807) is 6.92 Å². The molecule has 1 aromatic carbocycles. The Kier molecular flexibility index (Phi) is 2.61. The fourth-order valence-electron chi connectivity index (χ4n) is 4.02. The van der Waals surface area contributed by atoms with Crippen molar-refractivity contribution in [1.29, 1.82) is 0 Å². The Morgan fingerprint density at radius 3 is 2.78 bits per heavy atom. The van der Waals surface area contributed by atoms with E-state index in [0.717, 1.165) is 0 Å². The van der Waals surface area contributed by atoms with E-state index in [1.807, 2.05) is 0 Å². The lowest BCUT2D eigenvalue weighted by Crippen LogP contribution is -2.57. The molecule has 7 heteroatoms. The minimum absolute atomic E-state index is 0.0172. The van der Waals surface area contributed by atoms with Crippen molar-refractivity contribution < 1.29 is 34.1 Å². The molecule has 0 unspecified atom stereocenters. The van der Waals surface area contributed by atoms with Gasteiger partial charge < -0.3 is 19.7 Å². The van der Waals surface area contributed by atoms with Crippen molar-refractivity contribution in [2.24, 2.45) is 0 Å². The molecule has 0 bridgehead atoms. The summed E-state index contributed by atoms with van der Waals surface area (Å²) in [7, 11) is 0. The number of fused-ring (bicyclic) bond motifs is 1. The van der Waals surface area contributed by atoms with Crippen LogP contribution >= 0.6 is 0 Å². The molecule has 23 heavy (non-hydrogen) atoms. The Balaban J connectivity index is 1.83. The number of carboxylic acids is 1. The van der Waals surface area contributed by atoms with Gasteiger partial charge in [-0.3, -0.25) is 14.4 Å². The molecule has 0 spiro atoms. The van der Waals surface area contributed by atoms with Crippen LogP contribution in [0.3, 0.4) is 0 Å². The van der Waals surface area contributed by atoms with E-state index in [4.69, 9.17) is 14.6 Å². The monoisotopic (exact) mass is 318 g/mol. The maximum atomic E-state index is 12.9. The van der Waals surface area contributed by atoms with Gasteiger partial charge in [0.2, 0.25) is 5.78 Å². The maximum Gasteiger partial charge on any atom is 0.305 e. The summed E-state index contributed by atoms with van der Waals surface area (Å²) < 4.78 is 11.3. The van der Waals surface area contributed by atoms with E-state index in [1.165, 1.54) is 18.2 Å². The van der Waals surface area contributed by atoms with Crippen molar-refractivity contribution in [3.8, 4) is 5.75 Å². The van der Waals surface area contributed by atoms with Gasteiger partial charge in [0.25, 0.3) is 0 Å². The number of hydrogen-bond acceptors (Lipinski definition) is 6. The SMILES string of the molecule is C[C@@H]1O[C@H](CC(=O)O)C[C@]23O[C@]12C(=O)c1c(O)cccc1C3=O. The van der Waals surface area contributed by atoms with Crippen molar-refractivity contribution >= 4 is 17.5 Å². The Morgan fingerprint density at radius 2 is 2.09 bits per heavy atom. The molecule has 1 aromatic rings. The van der Waals surface area contributed by atoms with Crippen molar-refractivity contribution in [2.75, 3.05) is 0 Å². The quantitative estimate of drug-likeness (QED) is 0.780. The smallest absolute Gasteiger partial charge is 0.305 e. The van der Waals surface area contributed by atoms with Crippen LogP contribution in [0.25, 0.3) is 0 Å². The van der Waals surface area contributed by atoms with Crippen molar-refractivity contribution in [3.05, 3.63) is 29.3 Å². The third kappa shape index (κ3) is 1.53. The van der Waals surface area contributed by atoms with Crippen molar-refractivity contribution in [3.63, 3.8) is 0 Å². The predicted octanol–water partition coefficient (Wildman–Crippen LogP) is 0.931. The molecule has 0 aromatic heterocycles. The average Bonchev–Trinajstić information content (AvgIpc) is 3.17. The molecule has 2 fully saturated rings. The molecule has 7 nitrogen and oxygen atoms in total. The zero-order valence-electron chi connectivity index (χ0n) is 12.2. The number of ether oxygens (including phenoxy) is 2. The topological polar surface area (TPSA) is 113 Å². The lowest BCUT2D eigenvalue weighted by atomic mass is 9.68. The van der Waals surface area contributed by atoms with E-state index < -0.39 is 40.9 Å². The largest absolute Gasteiger partial charge is 0.507 e. The van der Waals surface area contributed by atoms with E-state index in [0.29, 0.717) is 0 Å². The number of epoxide rings is 1. The molecule has 2 aliphatic heterocycles. The van der Waals surface area contributed by atoms with Gasteiger partial charge >= 0.3 is 5.97 Å². The third-order valence-corrected chi connectivity index (χ3v) is 5.00. The van der Waals surface area contributed by atoms with Crippen LogP contribution in [-0.4, -0.2) is 51.2 Å². The number of carboxylic acid groups (broad SMARTS) is 1. The minimum Gasteiger partial charge on any atom is -0.507 e. The Bertz CT molecular complexity index is 770. The number of aliphatic carboxylic acids is 1. The molecule has 2 saturated heterocycles. The summed E-state index contributed by atoms with van der Waals surface area (Å²) in [6, 6.07) is 4.31. The minimum atomic E-state index is -1.45. The standard InChI is InChI=1S/C16H14O7/c1-7-16-14(21)12-9(3-2-4-10(12)17)13(20)15(16,23-16)6-8(22-7)5-11(18)19/h2-4,7-8,17H,5-6H2,1H3,(H,18,19)/t7-,8+,15+,16-/m0/s1. The number of Topliss-reactive ketones (excluding diaryl/α,β-unsaturated/α-hetero) is 2. The summed E-state index contributed by atoms with van der Waals surface area (Å²) in [5.41, 5.74) is -2.75. The molecule has 2 N–H and O–H groups in total. The zero-order valence-corrected chi connectivity index (χ0v) is 12.2. The zero-order chi connectivity index (χ0) is 16.6. The van der Waals surface area contributed by atoms with Crippen LogP contribution in [0.4, 0.5) is 0 Å². The number of rotatable bonds is 2. The highest BCUT2D eigenvalue weighted by Crippen LogP contribution is 2.63. The van der Waals surface area contributed by atoms with Crippen LogP contribution in [0, 0.1) is 0 Å². The molecule has 0 saturated carbocycles. The summed E-state index contributed by atoms with van der Waals surface area (Å²) in [5.74, 6) is -2.18. The van der Waals surface area contributed by atoms with Crippen LogP contribution in [0.1, 0.15) is 40.5 Å². The summed E-state index contributed by atoms with van der Waals surface area (Å²) in [4.78, 5) is 36.7. The van der Waals surface area contributed by atoms with E-state index in [-0.39, 0.29) is 29.7 Å². The summed E-state index contributed by atoms with van der Waals surface area (Å²) >= 11 is 0. The highest BCUT2D eigenvalue weighted by atomic mass is 16.7. The summed E-state index contributed by atoms with van der Waals surface area (Å²) in [5, 5.41) is 18.9. The van der Waals surface area contributed by atoms with Gasteiger partial charge in [-0.1, -0.05) is 12.1 Å². The first-order valence-corrected chi connectivity index (χ1v) is 7.32. The number of aromatic hydroxyl groups is 1. The molecule has 2 heterocycles. The van der Waals surface area contributed by atoms with Crippen LogP contribution in [0.15, 0.2) is 18.2 Å². The van der Waals surface area contributed by atoms with Gasteiger partial charge in [-0.15, -0.1) is 0 Å². The molecule has 1 aliphatic carbocycles. The first-order valence-electron chi connectivity index (χ1n) is 7.32. The highest BCUT2D eigenvalue weighted by molar-refractivity contribution is 6.26. The van der Waals surface area contributed by atoms with Gasteiger partial charge in [-0.05, 0) is 13.0 Å². The Hall–Kier alpha value is -2.25. The lowest BCUT2D eigenvalue weighted by Gasteiger charge is -2.36. The van der Waals surface area contributed by atoms with Gasteiger partial charge in [0.05, 0.1) is 24.2 Å². The number of carbonyl (C=O) groups is 3. The fourth-order valence-corrected chi connectivity index (χ4v) is 4.02. The fraction of sp³-hybridized carbons (Fsp3) is 0.438. The van der Waals surface area contributed by atoms with Gasteiger partial charge in [-0.25, -0.2) is 0 Å². The van der Waals surface area contributed by atoms with Gasteiger partial charge in [0.1, 0.15) is 5.75 Å². The second kappa shape index (κ2) is 4.18. The van der Waals surface area contributed by atoms with Crippen LogP contribution in [-0.2, 0) is 14.3 Å². The molecule has 0 amide bonds. The molecule has 4 rings (SSSR count). The van der Waals surface area contributed by atoms with Crippen molar-refractivity contribution in [1.82, 2.24) is 0 Å². The number of benzene rings is 1. The second-order valence-electron chi connectivity index (χ2n) is 6.22. The first kappa shape index (κ1) is 14.3. The molecule has 120 valence electrons. The summed E-state index contributed by atoms with van der Waals surface area (Å²) in [6.45, 7) is 1.59. The number of ketones is 2. The maximum absolute atomic E-state index is 12.9. The predicted molar refractivity (Wildman–Crippen MR) is 74.5 cm³/mol. The van der Waals surface area contributed by atoms with Gasteiger partial charge in [0.15, 0.2) is 17.0 Å². The molecule has 0 radical (unpaired) electrons. The molecular weight excluding hydrogens is 304 g/mol. The van der Waals surface area contributed by atoms with Crippen LogP contribution in [0.5, 0.6) is 5.75 Å². The molecule has 3 aliphatic rings. The number of phenols is 1. The van der Waals surface area contributed by atoms with E-state index in [9.17, 15) is 19.5 Å². The van der Waals surface area contributed by atoms with Crippen LogP contribution in [0.2, 0.25) is 0 Å². The Morgan fingerprint density at radius 1 is 1.35 bits per heavy atom. The highest BCUT2D eigenvalue weighted by Gasteiger charge is 2.85. The molecular formula is C16H14O7. The number of carbonyl (C=O) groups excluding carboxylic acids is 2. The molecule has 4 atom stereocenters. The van der Waals surface area contributed by atoms with Crippen LogP contribution < -0.4 is 0 Å².